The van der Waals surface area contributed by atoms with Gasteiger partial charge in [0, 0.05) is 5.57 Å². The van der Waals surface area contributed by atoms with E-state index in [1.54, 1.807) is 0 Å². The summed E-state index contributed by atoms with van der Waals surface area (Å²) in [6, 6.07) is 32.3. The van der Waals surface area contributed by atoms with Gasteiger partial charge in [0.2, 0.25) is 0 Å². The first-order chi connectivity index (χ1) is 14.3. The van der Waals surface area contributed by atoms with Crippen LogP contribution in [0.1, 0.15) is 17.2 Å². The number of quaternary nitrogens is 1. The number of nitrogens with zero attached hydrogens (tertiary/aromatic N) is 2. The van der Waals surface area contributed by atoms with Crippen LogP contribution in [0, 0.1) is 5.92 Å². The zero-order valence-corrected chi connectivity index (χ0v) is 16.7. The lowest BCUT2D eigenvalue weighted by molar-refractivity contribution is -0.878. The Hall–Kier alpha value is -3.17. The van der Waals surface area contributed by atoms with Gasteiger partial charge in [-0.25, -0.2) is 0 Å². The summed E-state index contributed by atoms with van der Waals surface area (Å²) < 4.78 is 0. The Bertz CT molecular complexity index is 1030. The van der Waals surface area contributed by atoms with Gasteiger partial charge in [-0.1, -0.05) is 78.9 Å². The van der Waals surface area contributed by atoms with Gasteiger partial charge in [0.1, 0.15) is 6.54 Å². The third-order valence-electron chi connectivity index (χ3n) is 5.90. The summed E-state index contributed by atoms with van der Waals surface area (Å²) in [5.74, 6) is 0.376. The van der Waals surface area contributed by atoms with Crippen LogP contribution in [0.2, 0.25) is 0 Å². The molecule has 2 heterocycles. The van der Waals surface area contributed by atoms with Crippen LogP contribution in [0.5, 0.6) is 0 Å². The minimum atomic E-state index is 0.225. The maximum Gasteiger partial charge on any atom is 0.104 e. The highest BCUT2D eigenvalue weighted by molar-refractivity contribution is 6.08. The van der Waals surface area contributed by atoms with Crippen molar-refractivity contribution >= 4 is 17.5 Å². The molecule has 5 rings (SSSR count). The summed E-state index contributed by atoms with van der Waals surface area (Å²) in [4.78, 5) is 1.53. The molecule has 3 heteroatoms. The van der Waals surface area contributed by atoms with Crippen molar-refractivity contribution in [2.75, 3.05) is 25.1 Å². The lowest BCUT2D eigenvalue weighted by atomic mass is 9.83. The molecule has 144 valence electrons. The number of piperidine rings is 1. The maximum atomic E-state index is 5.22. The Morgan fingerprint density at radius 3 is 2.17 bits per heavy atom. The van der Waals surface area contributed by atoms with E-state index in [0.717, 1.165) is 18.8 Å². The van der Waals surface area contributed by atoms with Crippen molar-refractivity contribution in [2.45, 2.75) is 6.04 Å². The molecule has 3 nitrogen and oxygen atoms in total. The molecule has 1 saturated heterocycles. The molecule has 0 saturated carbocycles. The minimum absolute atomic E-state index is 0.225. The molecule has 3 aromatic rings. The molecule has 1 fully saturated rings. The summed E-state index contributed by atoms with van der Waals surface area (Å²) in [5, 5.41) is 7.46. The quantitative estimate of drug-likeness (QED) is 0.732. The van der Waals surface area contributed by atoms with E-state index in [1.165, 1.54) is 27.3 Å². The summed E-state index contributed by atoms with van der Waals surface area (Å²) in [5.41, 5.74) is 6.32. The number of rotatable bonds is 3. The number of fused-ring (bicyclic) bond motifs is 1. The predicted octanol–water partition coefficient (Wildman–Crippen LogP) is 3.83. The molecule has 2 aliphatic heterocycles. The van der Waals surface area contributed by atoms with E-state index in [0.29, 0.717) is 5.92 Å². The number of benzene rings is 3. The Morgan fingerprint density at radius 1 is 0.862 bits per heavy atom. The monoisotopic (exact) mass is 380 g/mol. The number of hydrogen-bond acceptors (Lipinski definition) is 2. The molecule has 0 aromatic heterocycles. The van der Waals surface area contributed by atoms with E-state index in [-0.39, 0.29) is 6.04 Å². The first-order valence-corrected chi connectivity index (χ1v) is 10.3. The normalized spacial score (nSPS) is 25.0. The van der Waals surface area contributed by atoms with E-state index < -0.39 is 0 Å². The van der Waals surface area contributed by atoms with Gasteiger partial charge in [-0.05, 0) is 29.3 Å². The van der Waals surface area contributed by atoms with Crippen molar-refractivity contribution in [3.63, 3.8) is 0 Å². The fourth-order valence-electron chi connectivity index (χ4n) is 4.64. The summed E-state index contributed by atoms with van der Waals surface area (Å²) in [6.07, 6.45) is 2.32. The third-order valence-corrected chi connectivity index (χ3v) is 5.90. The van der Waals surface area contributed by atoms with Gasteiger partial charge >= 0.3 is 0 Å². The van der Waals surface area contributed by atoms with Gasteiger partial charge in [0.25, 0.3) is 0 Å². The fraction of sp³-hybridized carbons (Fsp3) is 0.192. The summed E-state index contributed by atoms with van der Waals surface area (Å²) in [6.45, 7) is 2.10. The highest BCUT2D eigenvalue weighted by atomic mass is 15.5. The number of hydrogen-bond donors (Lipinski definition) is 1. The highest BCUT2D eigenvalue weighted by Crippen LogP contribution is 2.41. The molecular weight excluding hydrogens is 354 g/mol. The van der Waals surface area contributed by atoms with Crippen LogP contribution in [-0.4, -0.2) is 25.8 Å². The van der Waals surface area contributed by atoms with Crippen molar-refractivity contribution in [3.05, 3.63) is 108 Å². The molecule has 3 unspecified atom stereocenters. The lowest BCUT2D eigenvalue weighted by Crippen LogP contribution is -3.11. The Morgan fingerprint density at radius 2 is 1.48 bits per heavy atom. The van der Waals surface area contributed by atoms with E-state index in [9.17, 15) is 0 Å². The third kappa shape index (κ3) is 3.50. The molecule has 29 heavy (non-hydrogen) atoms. The van der Waals surface area contributed by atoms with E-state index in [2.05, 4.69) is 109 Å². The van der Waals surface area contributed by atoms with Gasteiger partial charge < -0.3 is 4.90 Å². The van der Waals surface area contributed by atoms with E-state index in [1.807, 2.05) is 0 Å². The van der Waals surface area contributed by atoms with Crippen LogP contribution >= 0.6 is 0 Å². The zero-order valence-electron chi connectivity index (χ0n) is 16.7. The average Bonchev–Trinajstić information content (AvgIpc) is 3.15. The van der Waals surface area contributed by atoms with Crippen molar-refractivity contribution in [1.82, 2.24) is 0 Å². The molecule has 2 aliphatic rings. The molecule has 3 aromatic carbocycles. The first-order valence-electron chi connectivity index (χ1n) is 10.3. The fourth-order valence-corrected chi connectivity index (χ4v) is 4.64. The van der Waals surface area contributed by atoms with Crippen molar-refractivity contribution < 1.29 is 4.90 Å². The maximum absolute atomic E-state index is 5.22. The predicted molar refractivity (Wildman–Crippen MR) is 120 cm³/mol. The van der Waals surface area contributed by atoms with Crippen molar-refractivity contribution in [2.24, 2.45) is 11.0 Å². The number of likely N-dealkylation sites (N-methyl/N-ethyl adjacent to an activating group) is 1. The second kappa shape index (κ2) is 7.69. The number of para-hydroxylation sites is 1. The number of likely N-dealkylation sites (tertiary alicyclic amines) is 1. The standard InChI is InChI=1S/C26H25N3/c1-28-18-22(17-20-11-5-2-6-12-20)25-24(19-28)26(21-13-7-3-8-14-21)29(27-25)23-15-9-4-10-16-23/h2-17,24,26H,18-19H2,1H3/p+1. The number of hydrazone groups is 1. The van der Waals surface area contributed by atoms with Crippen molar-refractivity contribution in [3.8, 4) is 0 Å². The molecular formula is C26H26N3+. The van der Waals surface area contributed by atoms with Crippen molar-refractivity contribution in [1.29, 1.82) is 0 Å². The van der Waals surface area contributed by atoms with Crippen LogP contribution in [0.15, 0.2) is 102 Å². The second-order valence-corrected chi connectivity index (χ2v) is 8.05. The van der Waals surface area contributed by atoms with Crippen LogP contribution in [-0.2, 0) is 0 Å². The van der Waals surface area contributed by atoms with E-state index >= 15 is 0 Å². The van der Waals surface area contributed by atoms with Gasteiger partial charge in [0.15, 0.2) is 0 Å². The SMILES string of the molecule is C[NH+]1CC(=Cc2ccccc2)C2=NN(c3ccccc3)C(c3ccccc3)C2C1. The summed E-state index contributed by atoms with van der Waals surface area (Å²) >= 11 is 0. The van der Waals surface area contributed by atoms with Gasteiger partial charge in [-0.15, -0.1) is 0 Å². The zero-order chi connectivity index (χ0) is 19.6. The Labute approximate surface area is 172 Å². The van der Waals surface area contributed by atoms with Crippen LogP contribution < -0.4 is 9.91 Å². The van der Waals surface area contributed by atoms with E-state index in [4.69, 9.17) is 5.10 Å². The van der Waals surface area contributed by atoms with Gasteiger partial charge in [-0.2, -0.15) is 5.10 Å². The molecule has 0 aliphatic carbocycles. The van der Waals surface area contributed by atoms with Crippen LogP contribution in [0.3, 0.4) is 0 Å². The van der Waals surface area contributed by atoms with Gasteiger partial charge in [-0.3, -0.25) is 5.01 Å². The molecule has 0 amide bonds. The highest BCUT2D eigenvalue weighted by Gasteiger charge is 2.45. The average molecular weight is 381 g/mol. The Balaban J connectivity index is 1.62. The first kappa shape index (κ1) is 17.9. The molecule has 0 radical (unpaired) electrons. The molecule has 3 atom stereocenters. The topological polar surface area (TPSA) is 20.0 Å². The van der Waals surface area contributed by atoms with Crippen LogP contribution in [0.25, 0.3) is 6.08 Å². The molecule has 1 N–H and O–H groups in total. The summed E-state index contributed by atoms with van der Waals surface area (Å²) in [7, 11) is 2.29. The second-order valence-electron chi connectivity index (χ2n) is 8.05. The minimum Gasteiger partial charge on any atom is -0.333 e. The number of nitrogens with one attached hydrogen (secondary N) is 1. The van der Waals surface area contributed by atoms with Gasteiger partial charge in [0.05, 0.1) is 37.0 Å². The lowest BCUT2D eigenvalue weighted by Gasteiger charge is -2.32. The molecule has 0 bridgehead atoms. The largest absolute Gasteiger partial charge is 0.333 e. The number of anilines is 1. The Kier molecular flexibility index (Phi) is 4.74. The van der Waals surface area contributed by atoms with Crippen LogP contribution in [0.4, 0.5) is 5.69 Å². The smallest absolute Gasteiger partial charge is 0.104 e. The molecule has 0 spiro atoms.